The van der Waals surface area contributed by atoms with E-state index in [1.807, 2.05) is 31.2 Å². The molecular formula is C17H14O2. The average Bonchev–Trinajstić information content (AvgIpc) is 2.46. The van der Waals surface area contributed by atoms with Gasteiger partial charge in [0.1, 0.15) is 5.75 Å². The first-order chi connectivity index (χ1) is 9.19. The van der Waals surface area contributed by atoms with Gasteiger partial charge in [-0.05, 0) is 37.1 Å². The van der Waals surface area contributed by atoms with Crippen LogP contribution in [0.2, 0.25) is 0 Å². The molecule has 2 rings (SSSR count). The Hall–Kier alpha value is -2.53. The number of rotatable bonds is 2. The summed E-state index contributed by atoms with van der Waals surface area (Å²) in [5.41, 5.74) is 2.55. The summed E-state index contributed by atoms with van der Waals surface area (Å²) in [4.78, 5) is 11.9. The third kappa shape index (κ3) is 3.46. The zero-order valence-corrected chi connectivity index (χ0v) is 10.9. The van der Waals surface area contributed by atoms with Crippen molar-refractivity contribution >= 4 is 5.78 Å². The van der Waals surface area contributed by atoms with E-state index in [9.17, 15) is 4.79 Å². The van der Waals surface area contributed by atoms with Crippen LogP contribution >= 0.6 is 0 Å². The molecule has 0 aliphatic carbocycles. The van der Waals surface area contributed by atoms with E-state index < -0.39 is 0 Å². The highest BCUT2D eigenvalue weighted by Gasteiger charge is 2.02. The lowest BCUT2D eigenvalue weighted by atomic mass is 10.1. The Kier molecular flexibility index (Phi) is 4.00. The largest absolute Gasteiger partial charge is 0.497 e. The second kappa shape index (κ2) is 5.88. The maximum Gasteiger partial charge on any atom is 0.236 e. The Bertz CT molecular complexity index is 643. The van der Waals surface area contributed by atoms with Crippen molar-refractivity contribution in [1.82, 2.24) is 0 Å². The normalized spacial score (nSPS) is 9.37. The van der Waals surface area contributed by atoms with Crippen molar-refractivity contribution in [2.75, 3.05) is 7.11 Å². The number of hydrogen-bond acceptors (Lipinski definition) is 2. The molecule has 0 aliphatic rings. The van der Waals surface area contributed by atoms with Crippen molar-refractivity contribution in [2.24, 2.45) is 0 Å². The van der Waals surface area contributed by atoms with E-state index in [4.69, 9.17) is 4.74 Å². The third-order valence-electron chi connectivity index (χ3n) is 2.70. The zero-order chi connectivity index (χ0) is 13.7. The molecule has 19 heavy (non-hydrogen) atoms. The van der Waals surface area contributed by atoms with E-state index in [0.717, 1.165) is 5.56 Å². The van der Waals surface area contributed by atoms with Crippen molar-refractivity contribution < 1.29 is 9.53 Å². The van der Waals surface area contributed by atoms with Gasteiger partial charge in [-0.25, -0.2) is 0 Å². The summed E-state index contributed by atoms with van der Waals surface area (Å²) in [5.74, 6) is 5.96. The minimum absolute atomic E-state index is 0.209. The van der Waals surface area contributed by atoms with Crippen LogP contribution in [0.25, 0.3) is 0 Å². The lowest BCUT2D eigenvalue weighted by Crippen LogP contribution is -1.95. The Morgan fingerprint density at radius 1 is 1.11 bits per heavy atom. The molecule has 94 valence electrons. The minimum atomic E-state index is -0.209. The molecule has 0 N–H and O–H groups in total. The Morgan fingerprint density at radius 2 is 1.84 bits per heavy atom. The fourth-order valence-corrected chi connectivity index (χ4v) is 1.60. The first-order valence-corrected chi connectivity index (χ1v) is 5.96. The van der Waals surface area contributed by atoms with Gasteiger partial charge in [0.15, 0.2) is 0 Å². The third-order valence-corrected chi connectivity index (χ3v) is 2.70. The summed E-state index contributed by atoms with van der Waals surface area (Å²) in [6.07, 6.45) is 0. The van der Waals surface area contributed by atoms with Gasteiger partial charge >= 0.3 is 0 Å². The standard InChI is InChI=1S/C17H14O2/c1-13-6-8-14(9-7-13)10-11-17(18)15-4-3-5-16(12-15)19-2/h3-9,12H,1-2H3. The van der Waals surface area contributed by atoms with Crippen LogP contribution in [0.3, 0.4) is 0 Å². The summed E-state index contributed by atoms with van der Waals surface area (Å²) < 4.78 is 5.08. The number of aryl methyl sites for hydroxylation is 1. The quantitative estimate of drug-likeness (QED) is 0.604. The number of carbonyl (C=O) groups is 1. The van der Waals surface area contributed by atoms with Gasteiger partial charge in [0.25, 0.3) is 0 Å². The Morgan fingerprint density at radius 3 is 2.53 bits per heavy atom. The van der Waals surface area contributed by atoms with Crippen molar-refractivity contribution in [1.29, 1.82) is 0 Å². The molecule has 0 unspecified atom stereocenters. The molecule has 0 spiro atoms. The summed E-state index contributed by atoms with van der Waals surface area (Å²) in [7, 11) is 1.57. The van der Waals surface area contributed by atoms with Crippen LogP contribution in [0.4, 0.5) is 0 Å². The van der Waals surface area contributed by atoms with Gasteiger partial charge in [-0.1, -0.05) is 35.7 Å². The first kappa shape index (κ1) is 12.9. The van der Waals surface area contributed by atoms with Gasteiger partial charge in [-0.3, -0.25) is 4.79 Å². The molecule has 0 atom stereocenters. The summed E-state index contributed by atoms with van der Waals surface area (Å²) in [5, 5.41) is 0. The van der Waals surface area contributed by atoms with Crippen molar-refractivity contribution in [3.8, 4) is 17.6 Å². The summed E-state index contributed by atoms with van der Waals surface area (Å²) in [6, 6.07) is 14.7. The van der Waals surface area contributed by atoms with Crippen LogP contribution in [-0.2, 0) is 0 Å². The van der Waals surface area contributed by atoms with Gasteiger partial charge in [-0.2, -0.15) is 0 Å². The van der Waals surface area contributed by atoms with Crippen LogP contribution in [0.1, 0.15) is 21.5 Å². The van der Waals surface area contributed by atoms with Crippen LogP contribution < -0.4 is 4.74 Å². The predicted octanol–water partition coefficient (Wildman–Crippen LogP) is 3.24. The van der Waals surface area contributed by atoms with Crippen LogP contribution in [-0.4, -0.2) is 12.9 Å². The van der Waals surface area contributed by atoms with Crippen LogP contribution in [0.5, 0.6) is 5.75 Å². The molecule has 0 aliphatic heterocycles. The molecule has 0 saturated heterocycles. The van der Waals surface area contributed by atoms with E-state index in [1.54, 1.807) is 31.4 Å². The molecule has 0 aromatic heterocycles. The number of benzene rings is 2. The highest BCUT2D eigenvalue weighted by molar-refractivity contribution is 6.09. The fraction of sp³-hybridized carbons (Fsp3) is 0.118. The maximum atomic E-state index is 11.9. The molecule has 2 aromatic rings. The summed E-state index contributed by atoms with van der Waals surface area (Å²) >= 11 is 0. The predicted molar refractivity (Wildman–Crippen MR) is 75.4 cm³/mol. The molecule has 0 fully saturated rings. The smallest absolute Gasteiger partial charge is 0.236 e. The minimum Gasteiger partial charge on any atom is -0.497 e. The molecule has 2 aromatic carbocycles. The van der Waals surface area contributed by atoms with E-state index >= 15 is 0 Å². The molecule has 0 saturated carbocycles. The number of hydrogen-bond donors (Lipinski definition) is 0. The average molecular weight is 250 g/mol. The van der Waals surface area contributed by atoms with E-state index in [0.29, 0.717) is 11.3 Å². The topological polar surface area (TPSA) is 26.3 Å². The monoisotopic (exact) mass is 250 g/mol. The maximum absolute atomic E-state index is 11.9. The molecular weight excluding hydrogens is 236 g/mol. The molecule has 2 heteroatoms. The number of ketones is 1. The van der Waals surface area contributed by atoms with Gasteiger partial charge in [0.05, 0.1) is 7.11 Å². The van der Waals surface area contributed by atoms with Crippen molar-refractivity contribution in [3.63, 3.8) is 0 Å². The lowest BCUT2D eigenvalue weighted by molar-refractivity contribution is 0.105. The lowest BCUT2D eigenvalue weighted by Gasteiger charge is -1.99. The van der Waals surface area contributed by atoms with E-state index in [2.05, 4.69) is 11.8 Å². The molecule has 0 amide bonds. The summed E-state index contributed by atoms with van der Waals surface area (Å²) in [6.45, 7) is 2.01. The number of Topliss-reactive ketones (excluding diaryl/α,β-unsaturated/α-hetero) is 1. The number of carbonyl (C=O) groups excluding carboxylic acids is 1. The molecule has 2 nitrogen and oxygen atoms in total. The van der Waals surface area contributed by atoms with Gasteiger partial charge in [0, 0.05) is 11.1 Å². The van der Waals surface area contributed by atoms with Crippen molar-refractivity contribution in [3.05, 3.63) is 65.2 Å². The SMILES string of the molecule is COc1cccc(C(=O)C#Cc2ccc(C)cc2)c1. The Labute approximate surface area is 113 Å². The number of ether oxygens (including phenoxy) is 1. The number of methoxy groups -OCH3 is 1. The van der Waals surface area contributed by atoms with Gasteiger partial charge in [0.2, 0.25) is 5.78 Å². The highest BCUT2D eigenvalue weighted by Crippen LogP contribution is 2.12. The fourth-order valence-electron chi connectivity index (χ4n) is 1.60. The Balaban J connectivity index is 2.19. The van der Waals surface area contributed by atoms with E-state index in [-0.39, 0.29) is 5.78 Å². The van der Waals surface area contributed by atoms with Gasteiger partial charge in [-0.15, -0.1) is 0 Å². The molecule has 0 heterocycles. The molecule has 0 bridgehead atoms. The highest BCUT2D eigenvalue weighted by atomic mass is 16.5. The van der Waals surface area contributed by atoms with Crippen LogP contribution in [0.15, 0.2) is 48.5 Å². The van der Waals surface area contributed by atoms with E-state index in [1.165, 1.54) is 5.56 Å². The first-order valence-electron chi connectivity index (χ1n) is 5.96. The second-order valence-electron chi connectivity index (χ2n) is 4.18. The van der Waals surface area contributed by atoms with Crippen LogP contribution in [0, 0.1) is 18.8 Å². The molecule has 0 radical (unpaired) electrons. The van der Waals surface area contributed by atoms with Crippen molar-refractivity contribution in [2.45, 2.75) is 6.92 Å². The zero-order valence-electron chi connectivity index (χ0n) is 10.9. The van der Waals surface area contributed by atoms with Gasteiger partial charge < -0.3 is 4.74 Å². The second-order valence-corrected chi connectivity index (χ2v) is 4.18.